The fourth-order valence-corrected chi connectivity index (χ4v) is 3.23. The molecule has 2 heterocycles. The molecule has 3 rings (SSSR count). The van der Waals surface area contributed by atoms with Gasteiger partial charge in [-0.3, -0.25) is 9.59 Å². The summed E-state index contributed by atoms with van der Waals surface area (Å²) in [5, 5.41) is 12.7. The number of amides is 1. The normalized spacial score (nSPS) is 10.7. The fraction of sp³-hybridized carbons (Fsp3) is 0.263. The lowest BCUT2D eigenvalue weighted by molar-refractivity contribution is 0.0951. The molecule has 7 heteroatoms. The zero-order chi connectivity index (χ0) is 18.7. The Kier molecular flexibility index (Phi) is 5.27. The molecular formula is C19H20N4O2S. The van der Waals surface area contributed by atoms with Gasteiger partial charge in [-0.1, -0.05) is 30.4 Å². The second-order valence-electron chi connectivity index (χ2n) is 6.02. The first-order valence-corrected chi connectivity index (χ1v) is 9.20. The molecule has 3 aromatic rings. The molecule has 0 fully saturated rings. The molecule has 0 aliphatic carbocycles. The largest absolute Gasteiger partial charge is 0.345 e. The number of hydrogen-bond donors (Lipinski definition) is 2. The second kappa shape index (κ2) is 7.61. The summed E-state index contributed by atoms with van der Waals surface area (Å²) in [4.78, 5) is 27.3. The third kappa shape index (κ3) is 3.88. The fourth-order valence-electron chi connectivity index (χ4n) is 2.50. The van der Waals surface area contributed by atoms with Crippen LogP contribution >= 0.6 is 11.3 Å². The van der Waals surface area contributed by atoms with Gasteiger partial charge >= 0.3 is 0 Å². The van der Waals surface area contributed by atoms with Gasteiger partial charge < -0.3 is 10.3 Å². The Morgan fingerprint density at radius 1 is 1.15 bits per heavy atom. The van der Waals surface area contributed by atoms with Crippen LogP contribution in [0.1, 0.15) is 38.6 Å². The number of carbonyl (C=O) groups is 1. The van der Waals surface area contributed by atoms with Crippen molar-refractivity contribution in [2.75, 3.05) is 0 Å². The van der Waals surface area contributed by atoms with E-state index in [0.717, 1.165) is 33.3 Å². The van der Waals surface area contributed by atoms with E-state index in [4.69, 9.17) is 0 Å². The Hall–Kier alpha value is -2.80. The van der Waals surface area contributed by atoms with Crippen molar-refractivity contribution in [3.05, 3.63) is 67.5 Å². The molecule has 2 aromatic heterocycles. The van der Waals surface area contributed by atoms with Crippen molar-refractivity contribution >= 4 is 17.2 Å². The predicted octanol–water partition coefficient (Wildman–Crippen LogP) is 3.00. The molecule has 134 valence electrons. The summed E-state index contributed by atoms with van der Waals surface area (Å²) in [5.74, 6) is -0.182. The summed E-state index contributed by atoms with van der Waals surface area (Å²) in [6, 6.07) is 8.88. The van der Waals surface area contributed by atoms with Crippen molar-refractivity contribution in [3.8, 4) is 11.1 Å². The predicted molar refractivity (Wildman–Crippen MR) is 102 cm³/mol. The van der Waals surface area contributed by atoms with Crippen molar-refractivity contribution in [2.45, 2.75) is 33.7 Å². The van der Waals surface area contributed by atoms with Crippen LogP contribution in [-0.4, -0.2) is 21.1 Å². The number of aryl methyl sites for hydroxylation is 3. The van der Waals surface area contributed by atoms with Crippen molar-refractivity contribution < 1.29 is 4.79 Å². The monoisotopic (exact) mass is 368 g/mol. The average molecular weight is 368 g/mol. The van der Waals surface area contributed by atoms with Crippen LogP contribution in [0, 0.1) is 13.8 Å². The third-order valence-corrected chi connectivity index (χ3v) is 5.23. The molecular weight excluding hydrogens is 348 g/mol. The highest BCUT2D eigenvalue weighted by atomic mass is 32.1. The first-order chi connectivity index (χ1) is 12.5. The number of aromatic amines is 1. The van der Waals surface area contributed by atoms with E-state index in [1.807, 2.05) is 26.8 Å². The maximum Gasteiger partial charge on any atom is 0.256 e. The highest BCUT2D eigenvalue weighted by Crippen LogP contribution is 2.18. The Balaban J connectivity index is 1.72. The van der Waals surface area contributed by atoms with Crippen LogP contribution in [0.15, 0.2) is 35.1 Å². The van der Waals surface area contributed by atoms with Crippen molar-refractivity contribution in [2.24, 2.45) is 0 Å². The lowest BCUT2D eigenvalue weighted by atomic mass is 10.0. The number of benzene rings is 1. The summed E-state index contributed by atoms with van der Waals surface area (Å²) < 4.78 is 0. The van der Waals surface area contributed by atoms with E-state index in [1.165, 1.54) is 11.3 Å². The minimum absolute atomic E-state index is 0.131. The Morgan fingerprint density at radius 2 is 1.85 bits per heavy atom. The molecule has 0 radical (unpaired) electrons. The van der Waals surface area contributed by atoms with Gasteiger partial charge in [-0.2, -0.15) is 0 Å². The minimum atomic E-state index is -0.182. The molecule has 2 N–H and O–H groups in total. The van der Waals surface area contributed by atoms with Crippen LogP contribution in [-0.2, 0) is 13.0 Å². The molecule has 0 aliphatic rings. The average Bonchev–Trinajstić information content (AvgIpc) is 3.11. The molecule has 0 spiro atoms. The molecule has 0 unspecified atom stereocenters. The van der Waals surface area contributed by atoms with Gasteiger partial charge in [-0.25, -0.2) is 0 Å². The van der Waals surface area contributed by atoms with Crippen LogP contribution in [0.5, 0.6) is 0 Å². The molecule has 1 amide bonds. The lowest BCUT2D eigenvalue weighted by Gasteiger charge is -2.07. The topological polar surface area (TPSA) is 87.7 Å². The molecule has 0 aliphatic heterocycles. The lowest BCUT2D eigenvalue weighted by Crippen LogP contribution is -2.22. The first kappa shape index (κ1) is 18.0. The quantitative estimate of drug-likeness (QED) is 0.725. The van der Waals surface area contributed by atoms with Gasteiger partial charge in [0.2, 0.25) is 0 Å². The second-order valence-corrected chi connectivity index (χ2v) is 7.17. The Labute approximate surface area is 155 Å². The maximum atomic E-state index is 12.3. The smallest absolute Gasteiger partial charge is 0.256 e. The van der Waals surface area contributed by atoms with Crippen LogP contribution < -0.4 is 10.9 Å². The minimum Gasteiger partial charge on any atom is -0.345 e. The van der Waals surface area contributed by atoms with Crippen molar-refractivity contribution in [1.29, 1.82) is 0 Å². The van der Waals surface area contributed by atoms with E-state index < -0.39 is 0 Å². The molecule has 0 saturated heterocycles. The van der Waals surface area contributed by atoms with E-state index in [1.54, 1.807) is 24.3 Å². The Morgan fingerprint density at radius 3 is 2.50 bits per heavy atom. The van der Waals surface area contributed by atoms with Gasteiger partial charge in [0.15, 0.2) is 0 Å². The highest BCUT2D eigenvalue weighted by Gasteiger charge is 2.10. The molecule has 6 nitrogen and oxygen atoms in total. The van der Waals surface area contributed by atoms with Crippen molar-refractivity contribution in [1.82, 2.24) is 20.5 Å². The number of H-pyrrole nitrogens is 1. The van der Waals surface area contributed by atoms with E-state index in [0.29, 0.717) is 17.7 Å². The number of hydrogen-bond acceptors (Lipinski definition) is 5. The summed E-state index contributed by atoms with van der Waals surface area (Å²) >= 11 is 1.50. The summed E-state index contributed by atoms with van der Waals surface area (Å²) in [5.41, 5.74) is 3.66. The van der Waals surface area contributed by atoms with Crippen LogP contribution in [0.25, 0.3) is 11.1 Å². The molecule has 26 heavy (non-hydrogen) atoms. The van der Waals surface area contributed by atoms with Gasteiger partial charge in [-0.05, 0) is 49.6 Å². The van der Waals surface area contributed by atoms with E-state index in [2.05, 4.69) is 20.5 Å². The van der Waals surface area contributed by atoms with Gasteiger partial charge in [0.05, 0.1) is 6.54 Å². The molecule has 0 bridgehead atoms. The SMILES string of the molecule is CCc1nnc(CNC(=O)c2ccc(-c3cc(C)c(C)[nH]c3=O)cc2)s1. The first-order valence-electron chi connectivity index (χ1n) is 8.38. The number of rotatable bonds is 5. The zero-order valence-corrected chi connectivity index (χ0v) is 15.7. The highest BCUT2D eigenvalue weighted by molar-refractivity contribution is 7.11. The Bertz CT molecular complexity index is 990. The van der Waals surface area contributed by atoms with Crippen LogP contribution in [0.4, 0.5) is 0 Å². The van der Waals surface area contributed by atoms with Crippen LogP contribution in [0.2, 0.25) is 0 Å². The van der Waals surface area contributed by atoms with Gasteiger partial charge in [-0.15, -0.1) is 10.2 Å². The van der Waals surface area contributed by atoms with E-state index in [9.17, 15) is 9.59 Å². The summed E-state index contributed by atoms with van der Waals surface area (Å²) in [6.45, 7) is 6.20. The summed E-state index contributed by atoms with van der Waals surface area (Å²) in [6.07, 6.45) is 0.838. The third-order valence-electron chi connectivity index (χ3n) is 4.17. The number of nitrogens with one attached hydrogen (secondary N) is 2. The van der Waals surface area contributed by atoms with E-state index in [-0.39, 0.29) is 11.5 Å². The van der Waals surface area contributed by atoms with E-state index >= 15 is 0 Å². The zero-order valence-electron chi connectivity index (χ0n) is 14.9. The molecule has 0 atom stereocenters. The van der Waals surface area contributed by atoms with Gasteiger partial charge in [0.1, 0.15) is 10.0 Å². The number of pyridine rings is 1. The van der Waals surface area contributed by atoms with Gasteiger partial charge in [0.25, 0.3) is 11.5 Å². The van der Waals surface area contributed by atoms with Gasteiger partial charge in [0, 0.05) is 16.8 Å². The summed E-state index contributed by atoms with van der Waals surface area (Å²) in [7, 11) is 0. The number of aromatic nitrogens is 3. The maximum absolute atomic E-state index is 12.3. The number of nitrogens with zero attached hydrogens (tertiary/aromatic N) is 2. The van der Waals surface area contributed by atoms with Crippen LogP contribution in [0.3, 0.4) is 0 Å². The standard InChI is InChI=1S/C19H20N4O2S/c1-4-16-22-23-17(26-16)10-20-18(24)14-7-5-13(6-8-14)15-9-11(2)12(3)21-19(15)25/h5-9H,4,10H2,1-3H3,(H,20,24)(H,21,25). The molecule has 1 aromatic carbocycles. The van der Waals surface area contributed by atoms with Crippen molar-refractivity contribution in [3.63, 3.8) is 0 Å². The number of carbonyl (C=O) groups excluding carboxylic acids is 1. The molecule has 0 saturated carbocycles.